The van der Waals surface area contributed by atoms with Crippen molar-refractivity contribution in [2.24, 2.45) is 0 Å². The highest BCUT2D eigenvalue weighted by Crippen LogP contribution is 2.30. The number of ether oxygens (including phenoxy) is 1. The number of aromatic nitrogens is 1. The maximum absolute atomic E-state index is 12.7. The summed E-state index contributed by atoms with van der Waals surface area (Å²) in [6.45, 7) is 1.64. The number of H-pyrrole nitrogens is 1. The fourth-order valence-corrected chi connectivity index (χ4v) is 3.82. The van der Waals surface area contributed by atoms with Gasteiger partial charge in [-0.25, -0.2) is 0 Å². The van der Waals surface area contributed by atoms with Gasteiger partial charge in [-0.1, -0.05) is 30.3 Å². The monoisotopic (exact) mass is 348 g/mol. The zero-order valence-electron chi connectivity index (χ0n) is 15.1. The van der Waals surface area contributed by atoms with Crippen LogP contribution in [-0.4, -0.2) is 36.0 Å². The van der Waals surface area contributed by atoms with Crippen LogP contribution in [0.25, 0.3) is 10.9 Å². The highest BCUT2D eigenvalue weighted by molar-refractivity contribution is 5.82. The van der Waals surface area contributed by atoms with Gasteiger partial charge in [0.25, 0.3) is 0 Å². The maximum Gasteiger partial charge on any atom is 0.227 e. The van der Waals surface area contributed by atoms with Gasteiger partial charge in [-0.2, -0.15) is 0 Å². The SMILES string of the molecule is COc1ccc2[nH]c(C3CCCN(C(=O)Cc4ccccc4)C3)cc2c1. The first-order valence-corrected chi connectivity index (χ1v) is 9.21. The van der Waals surface area contributed by atoms with Crippen LogP contribution in [0.5, 0.6) is 5.75 Å². The predicted octanol–water partition coefficient (Wildman–Crippen LogP) is 4.13. The second-order valence-corrected chi connectivity index (χ2v) is 7.02. The summed E-state index contributed by atoms with van der Waals surface area (Å²) in [5, 5.41) is 1.16. The fourth-order valence-electron chi connectivity index (χ4n) is 3.82. The first-order valence-electron chi connectivity index (χ1n) is 9.21. The van der Waals surface area contributed by atoms with Crippen LogP contribution in [-0.2, 0) is 11.2 Å². The van der Waals surface area contributed by atoms with E-state index in [2.05, 4.69) is 23.2 Å². The second kappa shape index (κ2) is 7.24. The van der Waals surface area contributed by atoms with Crippen LogP contribution in [0.2, 0.25) is 0 Å². The van der Waals surface area contributed by atoms with Crippen molar-refractivity contribution in [3.8, 4) is 5.75 Å². The Morgan fingerprint density at radius 3 is 2.85 bits per heavy atom. The van der Waals surface area contributed by atoms with Crippen molar-refractivity contribution in [3.63, 3.8) is 0 Å². The molecular formula is C22H24N2O2. The van der Waals surface area contributed by atoms with Crippen LogP contribution in [0.4, 0.5) is 0 Å². The van der Waals surface area contributed by atoms with E-state index in [1.807, 2.05) is 41.3 Å². The van der Waals surface area contributed by atoms with Gasteiger partial charge in [0.2, 0.25) is 5.91 Å². The van der Waals surface area contributed by atoms with E-state index in [0.717, 1.165) is 48.1 Å². The zero-order valence-corrected chi connectivity index (χ0v) is 15.1. The summed E-state index contributed by atoms with van der Waals surface area (Å²) in [5.74, 6) is 1.45. The number of carbonyl (C=O) groups excluding carboxylic acids is 1. The molecule has 0 saturated carbocycles. The molecule has 4 heteroatoms. The molecule has 1 saturated heterocycles. The van der Waals surface area contributed by atoms with Gasteiger partial charge in [0, 0.05) is 35.6 Å². The van der Waals surface area contributed by atoms with Crippen molar-refractivity contribution < 1.29 is 9.53 Å². The molecule has 2 heterocycles. The first kappa shape index (κ1) is 16.7. The Hall–Kier alpha value is -2.75. The molecule has 0 spiro atoms. The molecule has 1 aliphatic heterocycles. The number of rotatable bonds is 4. The number of methoxy groups -OCH3 is 1. The molecule has 1 fully saturated rings. The summed E-state index contributed by atoms with van der Waals surface area (Å²) in [6, 6.07) is 18.3. The maximum atomic E-state index is 12.7. The Bertz CT molecular complexity index is 901. The van der Waals surface area contributed by atoms with Gasteiger partial charge < -0.3 is 14.6 Å². The lowest BCUT2D eigenvalue weighted by Crippen LogP contribution is -2.40. The summed E-state index contributed by atoms with van der Waals surface area (Å²) in [4.78, 5) is 18.3. The molecule has 3 aromatic rings. The molecular weight excluding hydrogens is 324 g/mol. The number of nitrogens with one attached hydrogen (secondary N) is 1. The summed E-state index contributed by atoms with van der Waals surface area (Å²) >= 11 is 0. The minimum Gasteiger partial charge on any atom is -0.497 e. The van der Waals surface area contributed by atoms with E-state index in [-0.39, 0.29) is 5.91 Å². The van der Waals surface area contributed by atoms with Gasteiger partial charge >= 0.3 is 0 Å². The van der Waals surface area contributed by atoms with Gasteiger partial charge in [0.05, 0.1) is 13.5 Å². The van der Waals surface area contributed by atoms with Crippen LogP contribution >= 0.6 is 0 Å². The smallest absolute Gasteiger partial charge is 0.227 e. The summed E-state index contributed by atoms with van der Waals surface area (Å²) < 4.78 is 5.32. The number of carbonyl (C=O) groups is 1. The predicted molar refractivity (Wildman–Crippen MR) is 104 cm³/mol. The first-order chi connectivity index (χ1) is 12.7. The van der Waals surface area contributed by atoms with Crippen molar-refractivity contribution in [1.29, 1.82) is 0 Å². The highest BCUT2D eigenvalue weighted by atomic mass is 16.5. The number of amides is 1. The molecule has 1 atom stereocenters. The number of aromatic amines is 1. The Morgan fingerprint density at radius 1 is 1.19 bits per heavy atom. The third-order valence-electron chi connectivity index (χ3n) is 5.26. The molecule has 4 rings (SSSR count). The Kier molecular flexibility index (Phi) is 4.65. The third kappa shape index (κ3) is 3.45. The molecule has 0 radical (unpaired) electrons. The van der Waals surface area contributed by atoms with Gasteiger partial charge in [0.15, 0.2) is 0 Å². The van der Waals surface area contributed by atoms with E-state index in [0.29, 0.717) is 12.3 Å². The third-order valence-corrected chi connectivity index (χ3v) is 5.26. The van der Waals surface area contributed by atoms with Crippen LogP contribution in [0.3, 0.4) is 0 Å². The number of fused-ring (bicyclic) bond motifs is 1. The average molecular weight is 348 g/mol. The fraction of sp³-hybridized carbons (Fsp3) is 0.318. The summed E-state index contributed by atoms with van der Waals surface area (Å²) in [5.41, 5.74) is 3.41. The molecule has 1 aliphatic rings. The van der Waals surface area contributed by atoms with Gasteiger partial charge in [-0.3, -0.25) is 4.79 Å². The van der Waals surface area contributed by atoms with Crippen molar-refractivity contribution in [2.45, 2.75) is 25.2 Å². The van der Waals surface area contributed by atoms with E-state index in [9.17, 15) is 4.79 Å². The Balaban J connectivity index is 1.48. The van der Waals surface area contributed by atoms with Crippen LogP contribution in [0.15, 0.2) is 54.6 Å². The molecule has 1 N–H and O–H groups in total. The topological polar surface area (TPSA) is 45.3 Å². The summed E-state index contributed by atoms with van der Waals surface area (Å²) in [6.07, 6.45) is 2.64. The lowest BCUT2D eigenvalue weighted by atomic mass is 9.94. The largest absolute Gasteiger partial charge is 0.497 e. The number of hydrogen-bond acceptors (Lipinski definition) is 2. The van der Waals surface area contributed by atoms with Gasteiger partial charge in [0.1, 0.15) is 5.75 Å². The molecule has 2 aromatic carbocycles. The second-order valence-electron chi connectivity index (χ2n) is 7.02. The number of benzene rings is 2. The van der Waals surface area contributed by atoms with Crippen LogP contribution < -0.4 is 4.74 Å². The summed E-state index contributed by atoms with van der Waals surface area (Å²) in [7, 11) is 1.69. The molecule has 0 bridgehead atoms. The average Bonchev–Trinajstić information content (AvgIpc) is 3.12. The minimum absolute atomic E-state index is 0.221. The van der Waals surface area contributed by atoms with E-state index in [1.54, 1.807) is 7.11 Å². The van der Waals surface area contributed by atoms with Crippen LogP contribution in [0.1, 0.15) is 30.0 Å². The molecule has 134 valence electrons. The lowest BCUT2D eigenvalue weighted by molar-refractivity contribution is -0.131. The van der Waals surface area contributed by atoms with Crippen molar-refractivity contribution in [3.05, 3.63) is 65.9 Å². The van der Waals surface area contributed by atoms with E-state index >= 15 is 0 Å². The van der Waals surface area contributed by atoms with Crippen LogP contribution in [0, 0.1) is 0 Å². The Morgan fingerprint density at radius 2 is 2.04 bits per heavy atom. The van der Waals surface area contributed by atoms with E-state index in [1.165, 1.54) is 5.69 Å². The lowest BCUT2D eigenvalue weighted by Gasteiger charge is -2.32. The quantitative estimate of drug-likeness (QED) is 0.771. The van der Waals surface area contributed by atoms with E-state index < -0.39 is 0 Å². The molecule has 0 aliphatic carbocycles. The zero-order chi connectivity index (χ0) is 17.9. The van der Waals surface area contributed by atoms with Crippen molar-refractivity contribution in [2.75, 3.05) is 20.2 Å². The molecule has 4 nitrogen and oxygen atoms in total. The minimum atomic E-state index is 0.221. The van der Waals surface area contributed by atoms with Gasteiger partial charge in [-0.05, 0) is 42.7 Å². The molecule has 26 heavy (non-hydrogen) atoms. The van der Waals surface area contributed by atoms with Gasteiger partial charge in [-0.15, -0.1) is 0 Å². The van der Waals surface area contributed by atoms with Crippen molar-refractivity contribution >= 4 is 16.8 Å². The number of hydrogen-bond donors (Lipinski definition) is 1. The molecule has 1 aromatic heterocycles. The highest BCUT2D eigenvalue weighted by Gasteiger charge is 2.25. The number of likely N-dealkylation sites (tertiary alicyclic amines) is 1. The standard InChI is InChI=1S/C22H24N2O2/c1-26-19-9-10-20-18(13-19)14-21(23-20)17-8-5-11-24(15-17)22(25)12-16-6-3-2-4-7-16/h2-4,6-7,9-10,13-14,17,23H,5,8,11-12,15H2,1H3. The molecule has 1 unspecified atom stereocenters. The van der Waals surface area contributed by atoms with E-state index in [4.69, 9.17) is 4.74 Å². The Labute approximate surface area is 153 Å². The molecule has 1 amide bonds. The number of nitrogens with zero attached hydrogens (tertiary/aromatic N) is 1. The van der Waals surface area contributed by atoms with Crippen molar-refractivity contribution in [1.82, 2.24) is 9.88 Å². The normalized spacial score (nSPS) is 17.4. The number of piperidine rings is 1.